The van der Waals surface area contributed by atoms with Crippen molar-refractivity contribution in [2.24, 2.45) is 5.73 Å². The fourth-order valence-electron chi connectivity index (χ4n) is 1.17. The Balaban J connectivity index is 2.89. The molecule has 0 radical (unpaired) electrons. The molecule has 0 unspecified atom stereocenters. The molecule has 4 heteroatoms. The van der Waals surface area contributed by atoms with Crippen molar-refractivity contribution in [2.75, 3.05) is 0 Å². The molecule has 1 rings (SSSR count). The molecule has 2 N–H and O–H groups in total. The molecule has 1 atom stereocenters. The molecule has 0 amide bonds. The molecule has 1 aromatic rings. The van der Waals surface area contributed by atoms with Gasteiger partial charge in [-0.1, -0.05) is 27.5 Å². The van der Waals surface area contributed by atoms with E-state index in [0.29, 0.717) is 12.0 Å². The molecule has 0 saturated heterocycles. The van der Waals surface area contributed by atoms with Gasteiger partial charge in [-0.3, -0.25) is 0 Å². The fourth-order valence-corrected chi connectivity index (χ4v) is 1.85. The molecular weight excluding hydrogens is 268 g/mol. The summed E-state index contributed by atoms with van der Waals surface area (Å²) in [6, 6.07) is 3.36. The van der Waals surface area contributed by atoms with Gasteiger partial charge in [-0.15, -0.1) is 0 Å². The number of nitrogens with two attached hydrogens (primary N) is 1. The molecule has 0 aromatic heterocycles. The van der Waals surface area contributed by atoms with Gasteiger partial charge in [0.15, 0.2) is 0 Å². The first-order chi connectivity index (χ1) is 6.52. The minimum Gasteiger partial charge on any atom is -0.328 e. The Morgan fingerprint density at radius 3 is 2.79 bits per heavy atom. The predicted molar refractivity (Wildman–Crippen MR) is 61.1 cm³/mol. The third-order valence-electron chi connectivity index (χ3n) is 1.99. The Morgan fingerprint density at radius 2 is 2.21 bits per heavy atom. The monoisotopic (exact) mass is 279 g/mol. The molecule has 0 heterocycles. The maximum atomic E-state index is 13.5. The van der Waals surface area contributed by atoms with E-state index in [9.17, 15) is 4.39 Å². The third-order valence-corrected chi connectivity index (χ3v) is 3.02. The number of hydrogen-bond acceptors (Lipinski definition) is 1. The number of hydrogen-bond donors (Lipinski definition) is 1. The summed E-state index contributed by atoms with van der Waals surface area (Å²) >= 11 is 8.97. The van der Waals surface area contributed by atoms with Crippen LogP contribution in [0.4, 0.5) is 4.39 Å². The van der Waals surface area contributed by atoms with E-state index in [2.05, 4.69) is 15.9 Å². The van der Waals surface area contributed by atoms with Crippen LogP contribution in [0.5, 0.6) is 0 Å². The van der Waals surface area contributed by atoms with E-state index in [1.165, 1.54) is 6.07 Å². The van der Waals surface area contributed by atoms with E-state index in [0.717, 1.165) is 10.9 Å². The van der Waals surface area contributed by atoms with E-state index >= 15 is 0 Å². The Kier molecular flexibility index (Phi) is 4.35. The average molecular weight is 281 g/mol. The van der Waals surface area contributed by atoms with Gasteiger partial charge >= 0.3 is 0 Å². The Labute approximate surface area is 96.6 Å². The SMILES string of the molecule is C[C@H](N)CCc1c(Br)ccc(Cl)c1F. The fraction of sp³-hybridized carbons (Fsp3) is 0.400. The average Bonchev–Trinajstić information content (AvgIpc) is 2.11. The lowest BCUT2D eigenvalue weighted by Crippen LogP contribution is -2.15. The van der Waals surface area contributed by atoms with Crippen molar-refractivity contribution in [3.8, 4) is 0 Å². The lowest BCUT2D eigenvalue weighted by atomic mass is 10.1. The zero-order valence-corrected chi connectivity index (χ0v) is 10.2. The van der Waals surface area contributed by atoms with Crippen molar-refractivity contribution in [3.63, 3.8) is 0 Å². The molecule has 0 saturated carbocycles. The maximum Gasteiger partial charge on any atom is 0.146 e. The molecule has 0 aliphatic heterocycles. The zero-order chi connectivity index (χ0) is 10.7. The van der Waals surface area contributed by atoms with Crippen LogP contribution in [0.25, 0.3) is 0 Å². The number of benzene rings is 1. The van der Waals surface area contributed by atoms with E-state index in [-0.39, 0.29) is 16.9 Å². The van der Waals surface area contributed by atoms with Crippen molar-refractivity contribution in [3.05, 3.63) is 33.0 Å². The molecule has 14 heavy (non-hydrogen) atoms. The smallest absolute Gasteiger partial charge is 0.146 e. The summed E-state index contributed by atoms with van der Waals surface area (Å²) in [5.74, 6) is -0.346. The molecule has 0 aliphatic rings. The molecule has 78 valence electrons. The molecular formula is C10H12BrClFN. The summed E-state index contributed by atoms with van der Waals surface area (Å²) in [5, 5.41) is 0.160. The van der Waals surface area contributed by atoms with Gasteiger partial charge in [0.2, 0.25) is 0 Å². The minimum absolute atomic E-state index is 0.0697. The van der Waals surface area contributed by atoms with Crippen LogP contribution >= 0.6 is 27.5 Å². The van der Waals surface area contributed by atoms with Gasteiger partial charge < -0.3 is 5.73 Å². The van der Waals surface area contributed by atoms with Crippen LogP contribution in [-0.2, 0) is 6.42 Å². The van der Waals surface area contributed by atoms with Gasteiger partial charge in [-0.2, -0.15) is 0 Å². The van der Waals surface area contributed by atoms with Crippen molar-refractivity contribution in [2.45, 2.75) is 25.8 Å². The van der Waals surface area contributed by atoms with Gasteiger partial charge in [0.05, 0.1) is 5.02 Å². The summed E-state index contributed by atoms with van der Waals surface area (Å²) in [7, 11) is 0. The molecule has 0 spiro atoms. The zero-order valence-electron chi connectivity index (χ0n) is 7.86. The van der Waals surface area contributed by atoms with Gasteiger partial charge in [0.25, 0.3) is 0 Å². The highest BCUT2D eigenvalue weighted by Gasteiger charge is 2.11. The first-order valence-corrected chi connectivity index (χ1v) is 5.57. The molecule has 0 fully saturated rings. The number of rotatable bonds is 3. The summed E-state index contributed by atoms with van der Waals surface area (Å²) in [6.07, 6.45) is 1.35. The lowest BCUT2D eigenvalue weighted by molar-refractivity contribution is 0.589. The Bertz CT molecular complexity index is 328. The Hall–Kier alpha value is -0.120. The lowest BCUT2D eigenvalue weighted by Gasteiger charge is -2.09. The van der Waals surface area contributed by atoms with E-state index in [4.69, 9.17) is 17.3 Å². The largest absolute Gasteiger partial charge is 0.328 e. The van der Waals surface area contributed by atoms with Crippen LogP contribution in [-0.4, -0.2) is 6.04 Å². The topological polar surface area (TPSA) is 26.0 Å². The highest BCUT2D eigenvalue weighted by molar-refractivity contribution is 9.10. The summed E-state index contributed by atoms with van der Waals surface area (Å²) in [6.45, 7) is 1.90. The number of halogens is 3. The van der Waals surface area contributed by atoms with Crippen molar-refractivity contribution in [1.82, 2.24) is 0 Å². The molecule has 1 nitrogen and oxygen atoms in total. The minimum atomic E-state index is -0.346. The van der Waals surface area contributed by atoms with Crippen molar-refractivity contribution in [1.29, 1.82) is 0 Å². The second kappa shape index (κ2) is 5.10. The van der Waals surface area contributed by atoms with Crippen LogP contribution in [0.2, 0.25) is 5.02 Å². The normalized spacial score (nSPS) is 12.9. The first-order valence-electron chi connectivity index (χ1n) is 4.40. The molecule has 0 aliphatic carbocycles. The highest BCUT2D eigenvalue weighted by Crippen LogP contribution is 2.27. The van der Waals surface area contributed by atoms with E-state index in [1.54, 1.807) is 6.07 Å². The van der Waals surface area contributed by atoms with E-state index in [1.807, 2.05) is 6.92 Å². The third kappa shape index (κ3) is 2.94. The van der Waals surface area contributed by atoms with Crippen LogP contribution in [0, 0.1) is 5.82 Å². The summed E-state index contributed by atoms with van der Waals surface area (Å²) in [5.41, 5.74) is 6.21. The van der Waals surface area contributed by atoms with Crippen molar-refractivity contribution < 1.29 is 4.39 Å². The first kappa shape index (κ1) is 12.0. The standard InChI is InChI=1S/C10H12BrClFN/c1-6(14)2-3-7-8(11)4-5-9(12)10(7)13/h4-6H,2-3,14H2,1H3/t6-/m0/s1. The van der Waals surface area contributed by atoms with Gasteiger partial charge in [-0.05, 0) is 31.9 Å². The quantitative estimate of drug-likeness (QED) is 0.842. The maximum absolute atomic E-state index is 13.5. The highest BCUT2D eigenvalue weighted by atomic mass is 79.9. The van der Waals surface area contributed by atoms with Crippen molar-refractivity contribution >= 4 is 27.5 Å². The summed E-state index contributed by atoms with van der Waals surface area (Å²) in [4.78, 5) is 0. The van der Waals surface area contributed by atoms with Gasteiger partial charge in [0.1, 0.15) is 5.82 Å². The van der Waals surface area contributed by atoms with Crippen LogP contribution in [0.15, 0.2) is 16.6 Å². The molecule has 0 bridgehead atoms. The molecule has 1 aromatic carbocycles. The Morgan fingerprint density at radius 1 is 1.57 bits per heavy atom. The van der Waals surface area contributed by atoms with Gasteiger partial charge in [-0.25, -0.2) is 4.39 Å². The van der Waals surface area contributed by atoms with E-state index < -0.39 is 0 Å². The predicted octanol–water partition coefficient (Wildman–Crippen LogP) is 3.52. The second-order valence-electron chi connectivity index (χ2n) is 3.34. The van der Waals surface area contributed by atoms with Crippen LogP contribution in [0.3, 0.4) is 0 Å². The van der Waals surface area contributed by atoms with Crippen LogP contribution in [0.1, 0.15) is 18.9 Å². The summed E-state index contributed by atoms with van der Waals surface area (Å²) < 4.78 is 14.3. The second-order valence-corrected chi connectivity index (χ2v) is 4.60. The van der Waals surface area contributed by atoms with Gasteiger partial charge in [0, 0.05) is 16.1 Å². The van der Waals surface area contributed by atoms with Crippen LogP contribution < -0.4 is 5.73 Å².